The Morgan fingerprint density at radius 1 is 1.11 bits per heavy atom. The number of carbonyl (C=O) groups excluding carboxylic acids is 2. The summed E-state index contributed by atoms with van der Waals surface area (Å²) in [5, 5.41) is 14.5. The van der Waals surface area contributed by atoms with Crippen molar-refractivity contribution < 1.29 is 19.5 Å². The molecule has 1 heterocycles. The Morgan fingerprint density at radius 2 is 1.78 bits per heavy atom. The van der Waals surface area contributed by atoms with E-state index in [4.69, 9.17) is 10.8 Å². The Hall–Kier alpha value is -2.64. The van der Waals surface area contributed by atoms with Crippen molar-refractivity contribution in [1.29, 1.82) is 0 Å². The molecular weight excluding hydrogens is 348 g/mol. The molecule has 8 nitrogen and oxygen atoms in total. The van der Waals surface area contributed by atoms with E-state index in [1.165, 1.54) is 12.6 Å². The van der Waals surface area contributed by atoms with Crippen LogP contribution in [0.1, 0.15) is 76.1 Å². The maximum absolute atomic E-state index is 12.3. The number of nitrogens with two attached hydrogens (primary N) is 1. The molecular formula is C19H30N4O4. The van der Waals surface area contributed by atoms with E-state index in [9.17, 15) is 14.4 Å². The van der Waals surface area contributed by atoms with E-state index in [0.717, 1.165) is 31.9 Å². The smallest absolute Gasteiger partial charge is 0.339 e. The average molecular weight is 378 g/mol. The first-order valence-electron chi connectivity index (χ1n) is 9.24. The number of nitrogens with one attached hydrogen (secondary N) is 2. The lowest BCUT2D eigenvalue weighted by atomic mass is 9.99. The van der Waals surface area contributed by atoms with Gasteiger partial charge in [0.1, 0.15) is 5.56 Å². The fourth-order valence-corrected chi connectivity index (χ4v) is 2.71. The molecule has 0 aromatic carbocycles. The summed E-state index contributed by atoms with van der Waals surface area (Å²) in [6.07, 6.45) is 8.18. The number of hydrogen-bond acceptors (Lipinski definition) is 5. The normalized spacial score (nSPS) is 11.1. The SMILES string of the molecule is CCCCCCCC(=O)NC(C)(C)CC(=O)Nc1cncc(C(=O)O)c1N. The highest BCUT2D eigenvalue weighted by atomic mass is 16.4. The molecule has 27 heavy (non-hydrogen) atoms. The van der Waals surface area contributed by atoms with E-state index < -0.39 is 11.5 Å². The Bertz CT molecular complexity index is 674. The maximum Gasteiger partial charge on any atom is 0.339 e. The van der Waals surface area contributed by atoms with E-state index in [1.807, 2.05) is 0 Å². The summed E-state index contributed by atoms with van der Waals surface area (Å²) in [6, 6.07) is 0. The Morgan fingerprint density at radius 3 is 2.41 bits per heavy atom. The van der Waals surface area contributed by atoms with Gasteiger partial charge in [0, 0.05) is 24.6 Å². The number of carbonyl (C=O) groups is 3. The van der Waals surface area contributed by atoms with Gasteiger partial charge in [0.25, 0.3) is 0 Å². The van der Waals surface area contributed by atoms with Gasteiger partial charge in [0.05, 0.1) is 17.6 Å². The molecule has 0 atom stereocenters. The summed E-state index contributed by atoms with van der Waals surface area (Å²) in [4.78, 5) is 39.2. The number of aromatic carboxylic acids is 1. The number of carboxylic acid groups (broad SMARTS) is 1. The van der Waals surface area contributed by atoms with Crippen LogP contribution in [0.25, 0.3) is 0 Å². The molecule has 1 aromatic heterocycles. The molecule has 0 bridgehead atoms. The van der Waals surface area contributed by atoms with Crippen LogP contribution in [0.5, 0.6) is 0 Å². The van der Waals surface area contributed by atoms with Gasteiger partial charge in [-0.05, 0) is 20.3 Å². The molecule has 1 aromatic rings. The predicted molar refractivity (Wildman–Crippen MR) is 104 cm³/mol. The molecule has 8 heteroatoms. The topological polar surface area (TPSA) is 134 Å². The van der Waals surface area contributed by atoms with Crippen molar-refractivity contribution in [2.45, 2.75) is 71.3 Å². The van der Waals surface area contributed by atoms with Crippen LogP contribution in [0.15, 0.2) is 12.4 Å². The molecule has 0 aliphatic rings. The van der Waals surface area contributed by atoms with Crippen LogP contribution in [0.3, 0.4) is 0 Å². The lowest BCUT2D eigenvalue weighted by Crippen LogP contribution is -2.45. The quantitative estimate of drug-likeness (QED) is 0.437. The Kier molecular flexibility index (Phi) is 8.71. The highest BCUT2D eigenvalue weighted by molar-refractivity contribution is 6.01. The number of nitrogens with zero attached hydrogens (tertiary/aromatic N) is 1. The van der Waals surface area contributed by atoms with Crippen molar-refractivity contribution in [3.05, 3.63) is 18.0 Å². The molecule has 0 unspecified atom stereocenters. The van der Waals surface area contributed by atoms with Crippen LogP contribution in [-0.4, -0.2) is 33.4 Å². The van der Waals surface area contributed by atoms with Crippen LogP contribution in [0.4, 0.5) is 11.4 Å². The molecule has 0 aliphatic heterocycles. The number of pyridine rings is 1. The molecule has 150 valence electrons. The van der Waals surface area contributed by atoms with E-state index >= 15 is 0 Å². The second-order valence-electron chi connectivity index (χ2n) is 7.27. The molecule has 0 saturated heterocycles. The van der Waals surface area contributed by atoms with E-state index in [2.05, 4.69) is 22.5 Å². The Labute approximate surface area is 159 Å². The summed E-state index contributed by atoms with van der Waals surface area (Å²) in [7, 11) is 0. The number of carboxylic acids is 1. The molecule has 0 fully saturated rings. The van der Waals surface area contributed by atoms with Crippen molar-refractivity contribution in [2.75, 3.05) is 11.1 Å². The second-order valence-corrected chi connectivity index (χ2v) is 7.27. The Balaban J connectivity index is 2.54. The molecule has 0 saturated carbocycles. The molecule has 0 radical (unpaired) electrons. The van der Waals surface area contributed by atoms with Crippen molar-refractivity contribution in [3.63, 3.8) is 0 Å². The van der Waals surface area contributed by atoms with Crippen LogP contribution in [0.2, 0.25) is 0 Å². The number of rotatable bonds is 11. The van der Waals surface area contributed by atoms with Gasteiger partial charge >= 0.3 is 5.97 Å². The fourth-order valence-electron chi connectivity index (χ4n) is 2.71. The van der Waals surface area contributed by atoms with Crippen LogP contribution in [0, 0.1) is 0 Å². The largest absolute Gasteiger partial charge is 0.478 e. The van der Waals surface area contributed by atoms with Gasteiger partial charge in [-0.3, -0.25) is 14.6 Å². The lowest BCUT2D eigenvalue weighted by Gasteiger charge is -2.26. The zero-order valence-corrected chi connectivity index (χ0v) is 16.3. The number of unbranched alkanes of at least 4 members (excludes halogenated alkanes) is 4. The number of anilines is 2. The van der Waals surface area contributed by atoms with E-state index in [-0.39, 0.29) is 35.2 Å². The highest BCUT2D eigenvalue weighted by Crippen LogP contribution is 2.22. The van der Waals surface area contributed by atoms with E-state index in [0.29, 0.717) is 6.42 Å². The third-order valence-corrected chi connectivity index (χ3v) is 4.08. The van der Waals surface area contributed by atoms with Crippen LogP contribution < -0.4 is 16.4 Å². The van der Waals surface area contributed by atoms with Crippen LogP contribution in [-0.2, 0) is 9.59 Å². The summed E-state index contributed by atoms with van der Waals surface area (Å²) in [5.74, 6) is -1.69. The van der Waals surface area contributed by atoms with Gasteiger partial charge in [0.2, 0.25) is 11.8 Å². The maximum atomic E-state index is 12.3. The fraction of sp³-hybridized carbons (Fsp3) is 0.579. The summed E-state index contributed by atoms with van der Waals surface area (Å²) in [5.41, 5.74) is 4.93. The van der Waals surface area contributed by atoms with Crippen molar-refractivity contribution >= 4 is 29.2 Å². The summed E-state index contributed by atoms with van der Waals surface area (Å²) >= 11 is 0. The van der Waals surface area contributed by atoms with Gasteiger partial charge < -0.3 is 21.5 Å². The number of aromatic nitrogens is 1. The standard InChI is InChI=1S/C19H30N4O4/c1-4-5-6-7-8-9-15(24)23-19(2,3)10-16(25)22-14-12-21-11-13(17(14)20)18(26)27/h11-12H,4-10H2,1-3H3,(H2,20,21)(H,22,25)(H,23,24)(H,26,27). The van der Waals surface area contributed by atoms with Crippen molar-refractivity contribution in [1.82, 2.24) is 10.3 Å². The van der Waals surface area contributed by atoms with Crippen LogP contribution >= 0.6 is 0 Å². The zero-order valence-electron chi connectivity index (χ0n) is 16.3. The molecule has 0 aliphatic carbocycles. The lowest BCUT2D eigenvalue weighted by molar-refractivity contribution is -0.123. The minimum absolute atomic E-state index is 0.0192. The van der Waals surface area contributed by atoms with Gasteiger partial charge in [-0.1, -0.05) is 32.6 Å². The number of amides is 2. The van der Waals surface area contributed by atoms with Gasteiger partial charge in [-0.2, -0.15) is 0 Å². The van der Waals surface area contributed by atoms with E-state index in [1.54, 1.807) is 13.8 Å². The zero-order chi connectivity index (χ0) is 20.4. The molecule has 0 spiro atoms. The molecule has 5 N–H and O–H groups in total. The first-order chi connectivity index (χ1) is 12.7. The van der Waals surface area contributed by atoms with Crippen molar-refractivity contribution in [2.24, 2.45) is 0 Å². The third-order valence-electron chi connectivity index (χ3n) is 4.08. The van der Waals surface area contributed by atoms with Crippen molar-refractivity contribution in [3.8, 4) is 0 Å². The first-order valence-corrected chi connectivity index (χ1v) is 9.24. The second kappa shape index (κ2) is 10.5. The number of nitrogen functional groups attached to an aromatic ring is 1. The number of hydrogen-bond donors (Lipinski definition) is 4. The predicted octanol–water partition coefficient (Wildman–Crippen LogP) is 2.95. The summed E-state index contributed by atoms with van der Waals surface area (Å²) in [6.45, 7) is 5.66. The monoisotopic (exact) mass is 378 g/mol. The highest BCUT2D eigenvalue weighted by Gasteiger charge is 2.24. The minimum atomic E-state index is -1.22. The third kappa shape index (κ3) is 8.06. The molecule has 1 rings (SSSR count). The first kappa shape index (κ1) is 22.4. The molecule has 2 amide bonds. The van der Waals surface area contributed by atoms with Gasteiger partial charge in [0.15, 0.2) is 0 Å². The minimum Gasteiger partial charge on any atom is -0.478 e. The summed E-state index contributed by atoms with van der Waals surface area (Å²) < 4.78 is 0. The van der Waals surface area contributed by atoms with Gasteiger partial charge in [-0.25, -0.2) is 4.79 Å². The average Bonchev–Trinajstić information content (AvgIpc) is 2.55. The van der Waals surface area contributed by atoms with Gasteiger partial charge in [-0.15, -0.1) is 0 Å².